The fourth-order valence-corrected chi connectivity index (χ4v) is 6.35. The van der Waals surface area contributed by atoms with Gasteiger partial charge in [-0.1, -0.05) is 49.4 Å². The first-order chi connectivity index (χ1) is 22.2. The van der Waals surface area contributed by atoms with Gasteiger partial charge in [-0.2, -0.15) is 11.3 Å². The lowest BCUT2D eigenvalue weighted by molar-refractivity contribution is -0.116. The number of nitrogens with zero attached hydrogens (tertiary/aromatic N) is 2. The summed E-state index contributed by atoms with van der Waals surface area (Å²) in [7, 11) is 1.78. The quantitative estimate of drug-likeness (QED) is 0.112. The van der Waals surface area contributed by atoms with E-state index in [1.807, 2.05) is 66.2 Å². The first kappa shape index (κ1) is 32.3. The molecule has 1 atom stereocenters. The molecule has 0 spiro atoms. The molecule has 0 aliphatic heterocycles. The first-order valence-electron chi connectivity index (χ1n) is 14.6. The molecule has 0 aliphatic rings. The van der Waals surface area contributed by atoms with E-state index in [1.54, 1.807) is 67.2 Å². The molecule has 0 saturated carbocycles. The number of hydrogen-bond acceptors (Lipinski definition) is 6. The average molecular weight is 652 g/mol. The van der Waals surface area contributed by atoms with Crippen molar-refractivity contribution in [2.45, 2.75) is 30.4 Å². The van der Waals surface area contributed by atoms with Crippen LogP contribution in [0, 0.1) is 6.92 Å². The van der Waals surface area contributed by atoms with Gasteiger partial charge in [0.2, 0.25) is 5.91 Å². The molecule has 9 nitrogen and oxygen atoms in total. The summed E-state index contributed by atoms with van der Waals surface area (Å²) >= 11 is 2.82. The Labute approximate surface area is 274 Å². The van der Waals surface area contributed by atoms with E-state index in [0.717, 1.165) is 10.5 Å². The highest BCUT2D eigenvalue weighted by Gasteiger charge is 2.24. The molecule has 46 heavy (non-hydrogen) atoms. The highest BCUT2D eigenvalue weighted by Crippen LogP contribution is 2.29. The molecule has 5 aromatic rings. The molecule has 2 aromatic heterocycles. The van der Waals surface area contributed by atoms with E-state index < -0.39 is 17.1 Å². The Morgan fingerprint density at radius 2 is 1.65 bits per heavy atom. The Morgan fingerprint density at radius 1 is 0.935 bits per heavy atom. The van der Waals surface area contributed by atoms with Gasteiger partial charge < -0.3 is 16.0 Å². The molecule has 0 bridgehead atoms. The Kier molecular flexibility index (Phi) is 10.4. The molecule has 1 unspecified atom stereocenters. The lowest BCUT2D eigenvalue weighted by atomic mass is 10.2. The minimum absolute atomic E-state index is 0.0931. The third-order valence-corrected chi connectivity index (χ3v) is 9.28. The third kappa shape index (κ3) is 7.56. The van der Waals surface area contributed by atoms with E-state index in [2.05, 4.69) is 16.0 Å². The lowest BCUT2D eigenvalue weighted by Crippen LogP contribution is -2.30. The van der Waals surface area contributed by atoms with Crippen LogP contribution in [-0.4, -0.2) is 32.3 Å². The smallest absolute Gasteiger partial charge is 0.295 e. The number of nitrogens with one attached hydrogen (secondary N) is 3. The van der Waals surface area contributed by atoms with Gasteiger partial charge >= 0.3 is 0 Å². The number of carbonyl (C=O) groups excluding carboxylic acids is 3. The van der Waals surface area contributed by atoms with Crippen molar-refractivity contribution in [3.05, 3.63) is 135 Å². The van der Waals surface area contributed by atoms with Gasteiger partial charge in [0.1, 0.15) is 11.4 Å². The van der Waals surface area contributed by atoms with Gasteiger partial charge in [-0.15, -0.1) is 11.8 Å². The van der Waals surface area contributed by atoms with Crippen molar-refractivity contribution >= 4 is 58.3 Å². The predicted molar refractivity (Wildman–Crippen MR) is 186 cm³/mol. The van der Waals surface area contributed by atoms with Crippen LogP contribution in [0.5, 0.6) is 0 Å². The van der Waals surface area contributed by atoms with Gasteiger partial charge in [0.05, 0.1) is 16.6 Å². The van der Waals surface area contributed by atoms with Gasteiger partial charge in [0, 0.05) is 23.2 Å². The number of carbonyl (C=O) groups is 3. The lowest BCUT2D eigenvalue weighted by Gasteiger charge is -2.15. The van der Waals surface area contributed by atoms with E-state index in [9.17, 15) is 19.2 Å². The maximum atomic E-state index is 13.4. The number of thioether (sulfide) groups is 1. The van der Waals surface area contributed by atoms with E-state index in [4.69, 9.17) is 0 Å². The second-order valence-electron chi connectivity index (χ2n) is 10.4. The Morgan fingerprint density at radius 3 is 2.33 bits per heavy atom. The highest BCUT2D eigenvalue weighted by atomic mass is 32.2. The monoisotopic (exact) mass is 651 g/mol. The molecule has 3 aromatic carbocycles. The highest BCUT2D eigenvalue weighted by molar-refractivity contribution is 8.00. The van der Waals surface area contributed by atoms with Crippen molar-refractivity contribution < 1.29 is 14.4 Å². The first-order valence-corrected chi connectivity index (χ1v) is 16.4. The third-order valence-electron chi connectivity index (χ3n) is 7.22. The van der Waals surface area contributed by atoms with Crippen LogP contribution in [-0.2, 0) is 16.6 Å². The fourth-order valence-electron chi connectivity index (χ4n) is 4.71. The van der Waals surface area contributed by atoms with Crippen molar-refractivity contribution in [2.24, 2.45) is 7.05 Å². The fraction of sp³-hybridized carbons (Fsp3) is 0.143. The molecule has 2 heterocycles. The number of rotatable bonds is 11. The molecule has 0 radical (unpaired) electrons. The zero-order valence-corrected chi connectivity index (χ0v) is 27.2. The van der Waals surface area contributed by atoms with Crippen LogP contribution in [0.15, 0.2) is 117 Å². The summed E-state index contributed by atoms with van der Waals surface area (Å²) in [6.45, 7) is 3.69. The van der Waals surface area contributed by atoms with Gasteiger partial charge in [0.15, 0.2) is 0 Å². The molecular formula is C35H33N5O4S2. The maximum Gasteiger partial charge on any atom is 0.295 e. The zero-order valence-electron chi connectivity index (χ0n) is 25.5. The molecule has 5 rings (SSSR count). The molecular weight excluding hydrogens is 619 g/mol. The molecule has 0 aliphatic carbocycles. The minimum Gasteiger partial charge on any atom is -0.321 e. The molecule has 3 N–H and O–H groups in total. The van der Waals surface area contributed by atoms with Gasteiger partial charge in [-0.3, -0.25) is 23.9 Å². The largest absolute Gasteiger partial charge is 0.321 e. The van der Waals surface area contributed by atoms with Crippen LogP contribution in [0.1, 0.15) is 35.0 Å². The standard InChI is InChI=1S/C35H33N5O4S2/c1-4-30(34(43)38-31-23(2)39(3)40(35(31)44)27-15-9-6-10-16-27)46-28-17-11-14-26(21-28)36-33(42)29(20-24-18-19-45-22-24)37-32(41)25-12-7-5-8-13-25/h5-22,30H,4H2,1-3H3,(H,36,42)(H,37,41)(H,38,43)/b29-20-. The number of para-hydroxylation sites is 1. The summed E-state index contributed by atoms with van der Waals surface area (Å²) in [6.07, 6.45) is 2.13. The van der Waals surface area contributed by atoms with Crippen molar-refractivity contribution in [1.82, 2.24) is 14.7 Å². The van der Waals surface area contributed by atoms with E-state index in [1.165, 1.54) is 27.8 Å². The second kappa shape index (κ2) is 14.8. The van der Waals surface area contributed by atoms with Crippen LogP contribution < -0.4 is 21.5 Å². The predicted octanol–water partition coefficient (Wildman–Crippen LogP) is 6.46. The average Bonchev–Trinajstić information content (AvgIpc) is 3.66. The SMILES string of the molecule is CCC(Sc1cccc(NC(=O)/C(=C/c2ccsc2)NC(=O)c2ccccc2)c1)C(=O)Nc1c(C)n(C)n(-c2ccccc2)c1=O. The van der Waals surface area contributed by atoms with Crippen LogP contribution in [0.25, 0.3) is 11.8 Å². The molecule has 0 fully saturated rings. The summed E-state index contributed by atoms with van der Waals surface area (Å²) < 4.78 is 3.24. The van der Waals surface area contributed by atoms with E-state index in [-0.39, 0.29) is 22.9 Å². The van der Waals surface area contributed by atoms with Gasteiger partial charge in [-0.05, 0) is 84.3 Å². The van der Waals surface area contributed by atoms with Crippen LogP contribution >= 0.6 is 23.1 Å². The van der Waals surface area contributed by atoms with Crippen molar-refractivity contribution in [3.63, 3.8) is 0 Å². The minimum atomic E-state index is -0.505. The Hall–Kier alpha value is -5.13. The molecule has 11 heteroatoms. The van der Waals surface area contributed by atoms with Crippen LogP contribution in [0.2, 0.25) is 0 Å². The van der Waals surface area contributed by atoms with Gasteiger partial charge in [-0.25, -0.2) is 4.68 Å². The number of anilines is 2. The number of aromatic nitrogens is 2. The maximum absolute atomic E-state index is 13.4. The Balaban J connectivity index is 1.30. The molecule has 0 saturated heterocycles. The summed E-state index contributed by atoms with van der Waals surface area (Å²) in [6, 6.07) is 26.9. The number of amides is 3. The number of hydrogen-bond donors (Lipinski definition) is 3. The van der Waals surface area contributed by atoms with Gasteiger partial charge in [0.25, 0.3) is 17.4 Å². The van der Waals surface area contributed by atoms with Crippen molar-refractivity contribution in [2.75, 3.05) is 10.6 Å². The summed E-state index contributed by atoms with van der Waals surface area (Å²) in [5, 5.41) is 11.7. The zero-order chi connectivity index (χ0) is 32.6. The Bertz CT molecular complexity index is 1930. The van der Waals surface area contributed by atoms with Crippen LogP contribution in [0.4, 0.5) is 11.4 Å². The second-order valence-corrected chi connectivity index (χ2v) is 12.4. The summed E-state index contributed by atoms with van der Waals surface area (Å²) in [5.74, 6) is -1.18. The van der Waals surface area contributed by atoms with Crippen molar-refractivity contribution in [3.8, 4) is 5.69 Å². The molecule has 3 amide bonds. The van der Waals surface area contributed by atoms with E-state index in [0.29, 0.717) is 29.1 Å². The normalized spacial score (nSPS) is 11.9. The number of thiophene rings is 1. The topological polar surface area (TPSA) is 114 Å². The van der Waals surface area contributed by atoms with Crippen LogP contribution in [0.3, 0.4) is 0 Å². The van der Waals surface area contributed by atoms with E-state index >= 15 is 0 Å². The summed E-state index contributed by atoms with van der Waals surface area (Å²) in [5.41, 5.74) is 3.07. The number of benzene rings is 3. The summed E-state index contributed by atoms with van der Waals surface area (Å²) in [4.78, 5) is 53.8. The molecule has 234 valence electrons. The van der Waals surface area contributed by atoms with Crippen molar-refractivity contribution in [1.29, 1.82) is 0 Å².